The highest BCUT2D eigenvalue weighted by atomic mass is 16.3. The number of benzene rings is 1. The highest BCUT2D eigenvalue weighted by Crippen LogP contribution is 2.39. The molecule has 1 aromatic carbocycles. The Bertz CT molecular complexity index is 686. The first-order valence-electron chi connectivity index (χ1n) is 8.05. The van der Waals surface area contributed by atoms with Crippen molar-refractivity contribution in [1.82, 2.24) is 10.2 Å². The summed E-state index contributed by atoms with van der Waals surface area (Å²) in [5.41, 5.74) is 5.23. The second kappa shape index (κ2) is 5.99. The number of phenols is 1. The van der Waals surface area contributed by atoms with E-state index >= 15 is 0 Å². The van der Waals surface area contributed by atoms with E-state index in [1.165, 1.54) is 30.5 Å². The molecule has 0 aliphatic heterocycles. The maximum absolute atomic E-state index is 10.1. The molecule has 3 heteroatoms. The standard InChI is InChI=1S/C19H24N2O/c1-12(2)14-5-4-6-15(10-14)17-11-18(21-20-17)16-9-13(3)7-8-19(16)22/h7-9,11,14-15,22H,1,4-6,10H2,2-3H3,(H,20,21). The van der Waals surface area contributed by atoms with Gasteiger partial charge in [0.25, 0.3) is 0 Å². The predicted molar refractivity (Wildman–Crippen MR) is 89.9 cm³/mol. The fourth-order valence-electron chi connectivity index (χ4n) is 3.46. The topological polar surface area (TPSA) is 48.9 Å². The minimum absolute atomic E-state index is 0.284. The molecule has 0 saturated heterocycles. The van der Waals surface area contributed by atoms with Gasteiger partial charge in [-0.15, -0.1) is 0 Å². The number of hydrogen-bond acceptors (Lipinski definition) is 2. The Morgan fingerprint density at radius 1 is 1.32 bits per heavy atom. The molecule has 1 heterocycles. The summed E-state index contributed by atoms with van der Waals surface area (Å²) in [4.78, 5) is 0. The molecule has 1 saturated carbocycles. The number of nitrogens with zero attached hydrogens (tertiary/aromatic N) is 1. The third-order valence-electron chi connectivity index (χ3n) is 4.84. The van der Waals surface area contributed by atoms with E-state index in [4.69, 9.17) is 0 Å². The summed E-state index contributed by atoms with van der Waals surface area (Å²) in [6.45, 7) is 8.28. The van der Waals surface area contributed by atoms with E-state index in [-0.39, 0.29) is 5.75 Å². The van der Waals surface area contributed by atoms with Crippen LogP contribution in [0.25, 0.3) is 11.3 Å². The maximum atomic E-state index is 10.1. The second-order valence-corrected chi connectivity index (χ2v) is 6.64. The zero-order valence-electron chi connectivity index (χ0n) is 13.4. The number of hydrogen-bond donors (Lipinski definition) is 2. The van der Waals surface area contributed by atoms with Crippen LogP contribution in [0.2, 0.25) is 0 Å². The van der Waals surface area contributed by atoms with Crippen LogP contribution in [0, 0.1) is 12.8 Å². The van der Waals surface area contributed by atoms with E-state index in [1.54, 1.807) is 6.07 Å². The van der Waals surface area contributed by atoms with E-state index < -0.39 is 0 Å². The Morgan fingerprint density at radius 2 is 2.14 bits per heavy atom. The molecule has 3 nitrogen and oxygen atoms in total. The molecule has 0 amide bonds. The Labute approximate surface area is 132 Å². The van der Waals surface area contributed by atoms with Crippen molar-refractivity contribution in [3.8, 4) is 17.0 Å². The third kappa shape index (κ3) is 2.94. The van der Waals surface area contributed by atoms with E-state index in [0.717, 1.165) is 23.2 Å². The van der Waals surface area contributed by atoms with Crippen molar-refractivity contribution in [2.75, 3.05) is 0 Å². The van der Waals surface area contributed by atoms with Crippen LogP contribution in [-0.4, -0.2) is 15.3 Å². The minimum atomic E-state index is 0.284. The smallest absolute Gasteiger partial charge is 0.125 e. The van der Waals surface area contributed by atoms with Gasteiger partial charge in [-0.05, 0) is 57.2 Å². The molecule has 0 radical (unpaired) electrons. The van der Waals surface area contributed by atoms with Crippen LogP contribution in [0.3, 0.4) is 0 Å². The van der Waals surface area contributed by atoms with Crippen LogP contribution in [0.15, 0.2) is 36.4 Å². The summed E-state index contributed by atoms with van der Waals surface area (Å²) in [6.07, 6.45) is 4.85. The van der Waals surface area contributed by atoms with Gasteiger partial charge in [0.1, 0.15) is 5.75 Å². The van der Waals surface area contributed by atoms with Gasteiger partial charge in [0, 0.05) is 17.2 Å². The average Bonchev–Trinajstić information content (AvgIpc) is 2.99. The number of H-pyrrole nitrogens is 1. The minimum Gasteiger partial charge on any atom is -0.507 e. The molecule has 1 fully saturated rings. The van der Waals surface area contributed by atoms with E-state index in [9.17, 15) is 5.11 Å². The molecule has 2 atom stereocenters. The fourth-order valence-corrected chi connectivity index (χ4v) is 3.46. The molecule has 2 N–H and O–H groups in total. The van der Waals surface area contributed by atoms with Crippen LogP contribution in [-0.2, 0) is 0 Å². The van der Waals surface area contributed by atoms with Crippen molar-refractivity contribution in [3.63, 3.8) is 0 Å². The van der Waals surface area contributed by atoms with Crippen LogP contribution >= 0.6 is 0 Å². The predicted octanol–water partition coefficient (Wildman–Crippen LogP) is 4.94. The van der Waals surface area contributed by atoms with Gasteiger partial charge >= 0.3 is 0 Å². The molecule has 2 unspecified atom stereocenters. The molecule has 0 spiro atoms. The van der Waals surface area contributed by atoms with Crippen LogP contribution < -0.4 is 0 Å². The number of allylic oxidation sites excluding steroid dienone is 1. The number of aromatic hydroxyl groups is 1. The first-order valence-corrected chi connectivity index (χ1v) is 8.05. The average molecular weight is 296 g/mol. The van der Waals surface area contributed by atoms with Crippen molar-refractivity contribution in [3.05, 3.63) is 47.7 Å². The summed E-state index contributed by atoms with van der Waals surface area (Å²) < 4.78 is 0. The third-order valence-corrected chi connectivity index (χ3v) is 4.84. The Hall–Kier alpha value is -2.03. The Balaban J connectivity index is 1.84. The summed E-state index contributed by atoms with van der Waals surface area (Å²) in [5, 5.41) is 17.7. The van der Waals surface area contributed by atoms with Crippen LogP contribution in [0.4, 0.5) is 0 Å². The lowest BCUT2D eigenvalue weighted by Gasteiger charge is -2.28. The van der Waals surface area contributed by atoms with Crippen LogP contribution in [0.1, 0.15) is 49.8 Å². The van der Waals surface area contributed by atoms with Gasteiger partial charge < -0.3 is 5.11 Å². The van der Waals surface area contributed by atoms with E-state index in [2.05, 4.69) is 29.8 Å². The maximum Gasteiger partial charge on any atom is 0.125 e. The SMILES string of the molecule is C=C(C)C1CCCC(c2cc(-c3cc(C)ccc3O)n[nH]2)C1. The van der Waals surface area contributed by atoms with Gasteiger partial charge in [-0.1, -0.05) is 30.2 Å². The lowest BCUT2D eigenvalue weighted by atomic mass is 9.77. The fraction of sp³-hybridized carbons (Fsp3) is 0.421. The van der Waals surface area contributed by atoms with Gasteiger partial charge in [0.05, 0.1) is 5.69 Å². The van der Waals surface area contributed by atoms with Gasteiger partial charge in [-0.25, -0.2) is 0 Å². The summed E-state index contributed by atoms with van der Waals surface area (Å²) in [6, 6.07) is 7.72. The van der Waals surface area contributed by atoms with Crippen molar-refractivity contribution in [2.24, 2.45) is 5.92 Å². The summed E-state index contributed by atoms with van der Waals surface area (Å²) in [7, 11) is 0. The van der Waals surface area contributed by atoms with Crippen molar-refractivity contribution in [2.45, 2.75) is 45.4 Å². The number of aromatic nitrogens is 2. The van der Waals surface area contributed by atoms with E-state index in [1.807, 2.05) is 19.1 Å². The van der Waals surface area contributed by atoms with E-state index in [0.29, 0.717) is 11.8 Å². The van der Waals surface area contributed by atoms with Crippen LogP contribution in [0.5, 0.6) is 5.75 Å². The van der Waals surface area contributed by atoms with Gasteiger partial charge in [-0.2, -0.15) is 5.10 Å². The molecular formula is C19H24N2O. The molecule has 1 aliphatic carbocycles. The largest absolute Gasteiger partial charge is 0.507 e. The molecule has 3 rings (SSSR count). The van der Waals surface area contributed by atoms with Crippen molar-refractivity contribution in [1.29, 1.82) is 0 Å². The zero-order chi connectivity index (χ0) is 15.7. The molecule has 116 valence electrons. The highest BCUT2D eigenvalue weighted by Gasteiger charge is 2.25. The highest BCUT2D eigenvalue weighted by molar-refractivity contribution is 5.67. The molecular weight excluding hydrogens is 272 g/mol. The zero-order valence-corrected chi connectivity index (χ0v) is 13.4. The first kappa shape index (κ1) is 14.9. The molecule has 1 aliphatic rings. The molecule has 22 heavy (non-hydrogen) atoms. The Morgan fingerprint density at radius 3 is 2.91 bits per heavy atom. The number of rotatable bonds is 3. The second-order valence-electron chi connectivity index (χ2n) is 6.64. The number of aryl methyl sites for hydroxylation is 1. The van der Waals surface area contributed by atoms with Gasteiger partial charge in [-0.3, -0.25) is 5.10 Å². The molecule has 0 bridgehead atoms. The quantitative estimate of drug-likeness (QED) is 0.788. The normalized spacial score (nSPS) is 21.7. The van der Waals surface area contributed by atoms with Crippen molar-refractivity contribution < 1.29 is 5.11 Å². The van der Waals surface area contributed by atoms with Crippen molar-refractivity contribution >= 4 is 0 Å². The molecule has 2 aromatic rings. The summed E-state index contributed by atoms with van der Waals surface area (Å²) >= 11 is 0. The lowest BCUT2D eigenvalue weighted by Crippen LogP contribution is -2.15. The number of nitrogens with one attached hydrogen (secondary N) is 1. The van der Waals surface area contributed by atoms with Gasteiger partial charge in [0.2, 0.25) is 0 Å². The molecule has 1 aromatic heterocycles. The van der Waals surface area contributed by atoms with Gasteiger partial charge in [0.15, 0.2) is 0 Å². The Kier molecular flexibility index (Phi) is 4.06. The number of phenolic OH excluding ortho intramolecular Hbond substituents is 1. The summed E-state index contributed by atoms with van der Waals surface area (Å²) in [5.74, 6) is 1.42. The lowest BCUT2D eigenvalue weighted by molar-refractivity contribution is 0.355. The first-order chi connectivity index (χ1) is 10.5. The monoisotopic (exact) mass is 296 g/mol. The number of aromatic amines is 1.